The van der Waals surface area contributed by atoms with Crippen molar-refractivity contribution in [3.8, 4) is 5.75 Å². The van der Waals surface area contributed by atoms with Gasteiger partial charge in [0.05, 0.1) is 6.54 Å². The number of halogens is 1. The Hall–Kier alpha value is -1.46. The third-order valence-corrected chi connectivity index (χ3v) is 2.65. The number of amides is 1. The normalized spacial score (nSPS) is 18.7. The smallest absolute Gasteiger partial charge is 0.407 e. The van der Waals surface area contributed by atoms with Crippen LogP contribution in [0.5, 0.6) is 5.75 Å². The van der Waals surface area contributed by atoms with Crippen LogP contribution in [-0.4, -0.2) is 25.3 Å². The molecule has 5 nitrogen and oxygen atoms in total. The van der Waals surface area contributed by atoms with Crippen LogP contribution in [0, 0.1) is 0 Å². The zero-order chi connectivity index (χ0) is 12.3. The van der Waals surface area contributed by atoms with Gasteiger partial charge in [-0.15, -0.1) is 0 Å². The monoisotopic (exact) mass is 256 g/mol. The van der Waals surface area contributed by atoms with E-state index in [0.717, 1.165) is 5.56 Å². The molecule has 0 saturated carbocycles. The van der Waals surface area contributed by atoms with Crippen molar-refractivity contribution in [2.24, 2.45) is 5.73 Å². The van der Waals surface area contributed by atoms with Gasteiger partial charge in [-0.2, -0.15) is 0 Å². The zero-order valence-electron chi connectivity index (χ0n) is 9.11. The third kappa shape index (κ3) is 3.01. The van der Waals surface area contributed by atoms with Crippen molar-refractivity contribution in [2.75, 3.05) is 13.2 Å². The van der Waals surface area contributed by atoms with Crippen molar-refractivity contribution >= 4 is 17.7 Å². The highest BCUT2D eigenvalue weighted by Gasteiger charge is 2.23. The first-order chi connectivity index (χ1) is 8.19. The first-order valence-corrected chi connectivity index (χ1v) is 5.62. The zero-order valence-corrected chi connectivity index (χ0v) is 9.87. The summed E-state index contributed by atoms with van der Waals surface area (Å²) >= 11 is 5.85. The van der Waals surface area contributed by atoms with Gasteiger partial charge in [0.25, 0.3) is 0 Å². The Balaban J connectivity index is 1.96. The molecule has 0 aliphatic carbocycles. The highest BCUT2D eigenvalue weighted by molar-refractivity contribution is 6.30. The summed E-state index contributed by atoms with van der Waals surface area (Å²) < 4.78 is 10.5. The maximum absolute atomic E-state index is 10.8. The quantitative estimate of drug-likeness (QED) is 0.851. The number of ether oxygens (including phenoxy) is 2. The summed E-state index contributed by atoms with van der Waals surface area (Å²) in [5, 5.41) is 3.17. The van der Waals surface area contributed by atoms with Crippen LogP contribution in [0.4, 0.5) is 4.79 Å². The molecule has 0 spiro atoms. The molecule has 6 heteroatoms. The molecule has 1 aliphatic heterocycles. The van der Waals surface area contributed by atoms with Gasteiger partial charge < -0.3 is 20.5 Å². The number of carbonyl (C=O) groups excluding carboxylic acids is 1. The summed E-state index contributed by atoms with van der Waals surface area (Å²) in [5.41, 5.74) is 6.42. The molecule has 17 heavy (non-hydrogen) atoms. The van der Waals surface area contributed by atoms with E-state index in [1.54, 1.807) is 18.2 Å². The van der Waals surface area contributed by atoms with Gasteiger partial charge >= 0.3 is 6.09 Å². The fraction of sp³-hybridized carbons (Fsp3) is 0.364. The summed E-state index contributed by atoms with van der Waals surface area (Å²) in [6.45, 7) is 1.11. The molecule has 1 unspecified atom stereocenters. The van der Waals surface area contributed by atoms with Gasteiger partial charge in [0, 0.05) is 17.1 Å². The highest BCUT2D eigenvalue weighted by atomic mass is 35.5. The van der Waals surface area contributed by atoms with E-state index in [1.165, 1.54) is 0 Å². The molecule has 3 N–H and O–H groups in total. The Morgan fingerprint density at radius 1 is 1.59 bits per heavy atom. The van der Waals surface area contributed by atoms with Crippen LogP contribution >= 0.6 is 11.6 Å². The second kappa shape index (κ2) is 5.25. The average Bonchev–Trinajstić information content (AvgIpc) is 2.73. The number of benzene rings is 1. The first kappa shape index (κ1) is 12.0. The number of nitrogens with two attached hydrogens (primary N) is 1. The number of carbonyl (C=O) groups is 1. The molecule has 1 heterocycles. The number of rotatable bonds is 4. The van der Waals surface area contributed by atoms with E-state index in [1.807, 2.05) is 0 Å². The van der Waals surface area contributed by atoms with Crippen LogP contribution in [0.2, 0.25) is 5.02 Å². The van der Waals surface area contributed by atoms with Crippen LogP contribution < -0.4 is 15.8 Å². The fourth-order valence-corrected chi connectivity index (χ4v) is 1.75. The molecule has 1 amide bonds. The van der Waals surface area contributed by atoms with E-state index in [0.29, 0.717) is 30.5 Å². The Morgan fingerprint density at radius 3 is 3.06 bits per heavy atom. The topological polar surface area (TPSA) is 73.6 Å². The van der Waals surface area contributed by atoms with Crippen molar-refractivity contribution in [1.82, 2.24) is 5.32 Å². The Morgan fingerprint density at radius 2 is 2.41 bits per heavy atom. The minimum absolute atomic E-state index is 0.260. The lowest BCUT2D eigenvalue weighted by Gasteiger charge is -2.13. The first-order valence-electron chi connectivity index (χ1n) is 5.25. The molecule has 92 valence electrons. The van der Waals surface area contributed by atoms with Crippen molar-refractivity contribution in [1.29, 1.82) is 0 Å². The molecule has 1 aromatic rings. The molecule has 1 aromatic carbocycles. The van der Waals surface area contributed by atoms with Crippen molar-refractivity contribution in [2.45, 2.75) is 12.6 Å². The van der Waals surface area contributed by atoms with Crippen molar-refractivity contribution in [3.05, 3.63) is 28.8 Å². The Bertz CT molecular complexity index is 425. The summed E-state index contributed by atoms with van der Waals surface area (Å²) in [4.78, 5) is 10.8. The molecule has 1 fully saturated rings. The van der Waals surface area contributed by atoms with Gasteiger partial charge in [0.15, 0.2) is 6.10 Å². The summed E-state index contributed by atoms with van der Waals surface area (Å²) in [7, 11) is 0. The molecule has 1 aliphatic rings. The van der Waals surface area contributed by atoms with Crippen LogP contribution in [-0.2, 0) is 11.3 Å². The predicted molar refractivity (Wildman–Crippen MR) is 63.1 cm³/mol. The van der Waals surface area contributed by atoms with Crippen LogP contribution in [0.15, 0.2) is 18.2 Å². The summed E-state index contributed by atoms with van der Waals surface area (Å²) in [6.07, 6.45) is -0.669. The minimum Gasteiger partial charge on any atom is -0.489 e. The van der Waals surface area contributed by atoms with E-state index in [4.69, 9.17) is 26.8 Å². The van der Waals surface area contributed by atoms with Crippen molar-refractivity contribution < 1.29 is 14.3 Å². The van der Waals surface area contributed by atoms with E-state index < -0.39 is 6.09 Å². The lowest BCUT2D eigenvalue weighted by molar-refractivity contribution is 0.104. The average molecular weight is 257 g/mol. The molecule has 1 atom stereocenters. The maximum atomic E-state index is 10.8. The lowest BCUT2D eigenvalue weighted by Crippen LogP contribution is -2.22. The largest absolute Gasteiger partial charge is 0.489 e. The minimum atomic E-state index is -0.409. The molecular formula is C11H13ClN2O3. The van der Waals surface area contributed by atoms with Crippen molar-refractivity contribution in [3.63, 3.8) is 0 Å². The van der Waals surface area contributed by atoms with Gasteiger partial charge in [-0.3, -0.25) is 0 Å². The molecular weight excluding hydrogens is 244 g/mol. The van der Waals surface area contributed by atoms with Gasteiger partial charge in [-0.25, -0.2) is 4.79 Å². The lowest BCUT2D eigenvalue weighted by atomic mass is 10.2. The molecule has 0 bridgehead atoms. The van der Waals surface area contributed by atoms with Gasteiger partial charge in [0.2, 0.25) is 0 Å². The van der Waals surface area contributed by atoms with E-state index >= 15 is 0 Å². The summed E-state index contributed by atoms with van der Waals surface area (Å²) in [5.74, 6) is 0.667. The van der Waals surface area contributed by atoms with Gasteiger partial charge in [-0.1, -0.05) is 11.6 Å². The predicted octanol–water partition coefficient (Wildman–Crippen LogP) is 1.29. The second-order valence-electron chi connectivity index (χ2n) is 3.68. The Kier molecular flexibility index (Phi) is 3.71. The van der Waals surface area contributed by atoms with E-state index in [-0.39, 0.29) is 6.10 Å². The molecule has 0 radical (unpaired) electrons. The number of nitrogens with one attached hydrogen (secondary N) is 1. The SMILES string of the molecule is NCc1cc(Cl)ccc1OCC1CNC(=O)O1. The van der Waals surface area contributed by atoms with E-state index in [9.17, 15) is 4.79 Å². The van der Waals surface area contributed by atoms with Gasteiger partial charge in [0.1, 0.15) is 12.4 Å². The van der Waals surface area contributed by atoms with Crippen LogP contribution in [0.25, 0.3) is 0 Å². The highest BCUT2D eigenvalue weighted by Crippen LogP contribution is 2.22. The molecule has 2 rings (SSSR count). The Labute approximate surface area is 104 Å². The second-order valence-corrected chi connectivity index (χ2v) is 4.11. The third-order valence-electron chi connectivity index (χ3n) is 2.41. The maximum Gasteiger partial charge on any atom is 0.407 e. The number of cyclic esters (lactones) is 1. The number of hydrogen-bond donors (Lipinski definition) is 2. The number of alkyl carbamates (subject to hydrolysis) is 1. The van der Waals surface area contributed by atoms with Gasteiger partial charge in [-0.05, 0) is 18.2 Å². The standard InChI is InChI=1S/C11H13ClN2O3/c12-8-1-2-10(7(3-8)4-13)16-6-9-5-14-11(15)17-9/h1-3,9H,4-6,13H2,(H,14,15). The van der Waals surface area contributed by atoms with E-state index in [2.05, 4.69) is 5.32 Å². The molecule has 0 aromatic heterocycles. The van der Waals surface area contributed by atoms with Crippen LogP contribution in [0.3, 0.4) is 0 Å². The number of hydrogen-bond acceptors (Lipinski definition) is 4. The fourth-order valence-electron chi connectivity index (χ4n) is 1.56. The summed E-state index contributed by atoms with van der Waals surface area (Å²) in [6, 6.07) is 5.25. The van der Waals surface area contributed by atoms with Crippen LogP contribution in [0.1, 0.15) is 5.56 Å². The molecule has 1 saturated heterocycles.